The van der Waals surface area contributed by atoms with Crippen LogP contribution in [0.15, 0.2) is 48.5 Å². The van der Waals surface area contributed by atoms with Crippen LogP contribution in [0.25, 0.3) is 0 Å². The molecule has 3 N–H and O–H groups in total. The Balaban J connectivity index is 2.06. The maximum Gasteiger partial charge on any atom is 0.335 e. The van der Waals surface area contributed by atoms with E-state index in [1.54, 1.807) is 0 Å². The van der Waals surface area contributed by atoms with Gasteiger partial charge >= 0.3 is 17.9 Å². The first-order valence-electron chi connectivity index (χ1n) is 7.90. The molecule has 0 fully saturated rings. The molecule has 0 spiro atoms. The number of benzene rings is 2. The van der Waals surface area contributed by atoms with Gasteiger partial charge in [-0.25, -0.2) is 9.59 Å². The summed E-state index contributed by atoms with van der Waals surface area (Å²) in [4.78, 5) is 45.5. The third-order valence-corrected chi connectivity index (χ3v) is 3.62. The summed E-state index contributed by atoms with van der Waals surface area (Å²) in [7, 11) is 0. The van der Waals surface area contributed by atoms with Crippen molar-refractivity contribution in [2.45, 2.75) is 19.4 Å². The summed E-state index contributed by atoms with van der Waals surface area (Å²) in [5.41, 5.74) is 0.860. The van der Waals surface area contributed by atoms with Crippen molar-refractivity contribution in [3.05, 3.63) is 65.2 Å². The van der Waals surface area contributed by atoms with Crippen molar-refractivity contribution in [2.75, 3.05) is 0 Å². The van der Waals surface area contributed by atoms with Gasteiger partial charge in [-0.1, -0.05) is 12.1 Å². The van der Waals surface area contributed by atoms with Crippen LogP contribution in [-0.4, -0.2) is 40.1 Å². The van der Waals surface area contributed by atoms with E-state index in [0.717, 1.165) is 0 Å². The lowest BCUT2D eigenvalue weighted by Gasteiger charge is -2.15. The molecule has 8 heteroatoms. The van der Waals surface area contributed by atoms with E-state index < -0.39 is 29.9 Å². The zero-order valence-corrected chi connectivity index (χ0v) is 14.3. The van der Waals surface area contributed by atoms with E-state index in [-0.39, 0.29) is 23.3 Å². The first-order valence-corrected chi connectivity index (χ1v) is 7.90. The van der Waals surface area contributed by atoms with Crippen LogP contribution >= 0.6 is 0 Å². The zero-order valence-electron chi connectivity index (χ0n) is 14.3. The standard InChI is InChI=1S/C19H17NO7/c1-11(21)27-15-8-6-13(7-9-15)17(22)20-16(19(25)26)10-12-2-4-14(5-3-12)18(23)24/h2-9,16H,10H2,1H3,(H,20,22)(H,23,24)(H,25,26)/t16-/m1/s1. The van der Waals surface area contributed by atoms with Crippen LogP contribution in [0, 0.1) is 0 Å². The number of rotatable bonds is 7. The molecule has 8 nitrogen and oxygen atoms in total. The summed E-state index contributed by atoms with van der Waals surface area (Å²) < 4.78 is 4.87. The fourth-order valence-corrected chi connectivity index (χ4v) is 2.30. The number of ether oxygens (including phenoxy) is 1. The number of carboxylic acids is 2. The summed E-state index contributed by atoms with van der Waals surface area (Å²) in [6, 6.07) is 10.2. The molecule has 0 unspecified atom stereocenters. The highest BCUT2D eigenvalue weighted by Gasteiger charge is 2.21. The smallest absolute Gasteiger partial charge is 0.335 e. The number of hydrogen-bond acceptors (Lipinski definition) is 5. The van der Waals surface area contributed by atoms with Crippen molar-refractivity contribution in [1.29, 1.82) is 0 Å². The van der Waals surface area contributed by atoms with Gasteiger partial charge in [0.05, 0.1) is 5.56 Å². The topological polar surface area (TPSA) is 130 Å². The minimum absolute atomic E-state index is 0.00744. The monoisotopic (exact) mass is 371 g/mol. The Labute approximate surface area is 154 Å². The fraction of sp³-hybridized carbons (Fsp3) is 0.158. The van der Waals surface area contributed by atoms with Gasteiger partial charge in [0.2, 0.25) is 0 Å². The van der Waals surface area contributed by atoms with Crippen LogP contribution in [0.2, 0.25) is 0 Å². The number of amides is 1. The summed E-state index contributed by atoms with van der Waals surface area (Å²) in [6.07, 6.45) is -0.00744. The Morgan fingerprint density at radius 3 is 1.96 bits per heavy atom. The Hall–Kier alpha value is -3.68. The molecule has 2 aromatic rings. The second-order valence-corrected chi connectivity index (χ2v) is 5.69. The molecular formula is C19H17NO7. The molecular weight excluding hydrogens is 354 g/mol. The van der Waals surface area contributed by atoms with Gasteiger partial charge in [0.15, 0.2) is 0 Å². The lowest BCUT2D eigenvalue weighted by atomic mass is 10.0. The first-order chi connectivity index (χ1) is 12.8. The van der Waals surface area contributed by atoms with Gasteiger partial charge in [0, 0.05) is 18.9 Å². The second kappa shape index (κ2) is 8.61. The van der Waals surface area contributed by atoms with Crippen LogP contribution in [0.4, 0.5) is 0 Å². The summed E-state index contributed by atoms with van der Waals surface area (Å²) in [5, 5.41) is 20.6. The molecule has 0 aromatic heterocycles. The highest BCUT2D eigenvalue weighted by Crippen LogP contribution is 2.13. The van der Waals surface area contributed by atoms with Gasteiger partial charge in [0.1, 0.15) is 11.8 Å². The Bertz CT molecular complexity index is 857. The number of aromatic carboxylic acids is 1. The van der Waals surface area contributed by atoms with Crippen molar-refractivity contribution >= 4 is 23.8 Å². The van der Waals surface area contributed by atoms with Crippen molar-refractivity contribution in [1.82, 2.24) is 5.32 Å². The number of nitrogens with one attached hydrogen (secondary N) is 1. The largest absolute Gasteiger partial charge is 0.480 e. The van der Waals surface area contributed by atoms with Gasteiger partial charge < -0.3 is 20.3 Å². The number of carboxylic acid groups (broad SMARTS) is 2. The molecule has 0 radical (unpaired) electrons. The third-order valence-electron chi connectivity index (χ3n) is 3.62. The number of hydrogen-bond donors (Lipinski definition) is 3. The molecule has 0 aliphatic rings. The summed E-state index contributed by atoms with van der Waals surface area (Å²) in [5.74, 6) is -3.12. The number of carbonyl (C=O) groups excluding carboxylic acids is 2. The lowest BCUT2D eigenvalue weighted by Crippen LogP contribution is -2.42. The molecule has 1 atom stereocenters. The van der Waals surface area contributed by atoms with Gasteiger partial charge in [-0.15, -0.1) is 0 Å². The van der Waals surface area contributed by atoms with Gasteiger partial charge in [-0.3, -0.25) is 9.59 Å². The Morgan fingerprint density at radius 2 is 1.48 bits per heavy atom. The van der Waals surface area contributed by atoms with Gasteiger partial charge in [0.25, 0.3) is 5.91 Å². The number of carbonyl (C=O) groups is 4. The van der Waals surface area contributed by atoms with E-state index in [4.69, 9.17) is 9.84 Å². The van der Waals surface area contributed by atoms with E-state index in [2.05, 4.69) is 5.32 Å². The SMILES string of the molecule is CC(=O)Oc1ccc(C(=O)N[C@H](Cc2ccc(C(=O)O)cc2)C(=O)O)cc1. The predicted molar refractivity (Wildman–Crippen MR) is 93.7 cm³/mol. The highest BCUT2D eigenvalue weighted by atomic mass is 16.5. The minimum Gasteiger partial charge on any atom is -0.480 e. The molecule has 0 heterocycles. The molecule has 0 saturated heterocycles. The second-order valence-electron chi connectivity index (χ2n) is 5.69. The quantitative estimate of drug-likeness (QED) is 0.499. The third kappa shape index (κ3) is 5.67. The molecule has 1 amide bonds. The predicted octanol–water partition coefficient (Wildman–Crippen LogP) is 1.74. The molecule has 0 saturated carbocycles. The normalized spacial score (nSPS) is 11.3. The molecule has 0 aliphatic heterocycles. The van der Waals surface area contributed by atoms with E-state index in [1.807, 2.05) is 0 Å². The number of esters is 1. The maximum absolute atomic E-state index is 12.3. The lowest BCUT2D eigenvalue weighted by molar-refractivity contribution is -0.139. The maximum atomic E-state index is 12.3. The van der Waals surface area contributed by atoms with Crippen molar-refractivity contribution in [2.24, 2.45) is 0 Å². The van der Waals surface area contributed by atoms with Crippen molar-refractivity contribution in [3.63, 3.8) is 0 Å². The summed E-state index contributed by atoms with van der Waals surface area (Å²) in [6.45, 7) is 1.25. The molecule has 27 heavy (non-hydrogen) atoms. The molecule has 2 aromatic carbocycles. The van der Waals surface area contributed by atoms with E-state index in [9.17, 15) is 24.3 Å². The van der Waals surface area contributed by atoms with Crippen molar-refractivity contribution < 1.29 is 34.1 Å². The zero-order chi connectivity index (χ0) is 20.0. The number of aliphatic carboxylic acids is 1. The highest BCUT2D eigenvalue weighted by molar-refractivity contribution is 5.96. The van der Waals surface area contributed by atoms with E-state index in [1.165, 1.54) is 55.5 Å². The van der Waals surface area contributed by atoms with Gasteiger partial charge in [-0.2, -0.15) is 0 Å². The molecule has 140 valence electrons. The van der Waals surface area contributed by atoms with Crippen molar-refractivity contribution in [3.8, 4) is 5.75 Å². The Kier molecular flexibility index (Phi) is 6.27. The van der Waals surface area contributed by atoms with E-state index >= 15 is 0 Å². The molecule has 0 bridgehead atoms. The van der Waals surface area contributed by atoms with Gasteiger partial charge in [-0.05, 0) is 42.0 Å². The van der Waals surface area contributed by atoms with Crippen LogP contribution in [0.1, 0.15) is 33.2 Å². The van der Waals surface area contributed by atoms with Crippen LogP contribution in [0.5, 0.6) is 5.75 Å². The average Bonchev–Trinajstić information content (AvgIpc) is 2.61. The van der Waals surface area contributed by atoms with Crippen LogP contribution in [-0.2, 0) is 16.0 Å². The minimum atomic E-state index is -1.22. The molecule has 2 rings (SSSR count). The van der Waals surface area contributed by atoms with E-state index in [0.29, 0.717) is 5.56 Å². The van der Waals surface area contributed by atoms with Crippen LogP contribution in [0.3, 0.4) is 0 Å². The average molecular weight is 371 g/mol. The fourth-order valence-electron chi connectivity index (χ4n) is 2.30. The first kappa shape index (κ1) is 19.6. The Morgan fingerprint density at radius 1 is 0.926 bits per heavy atom. The molecule has 0 aliphatic carbocycles. The van der Waals surface area contributed by atoms with Crippen LogP contribution < -0.4 is 10.1 Å². The summed E-state index contributed by atoms with van der Waals surface area (Å²) >= 11 is 0.